The van der Waals surface area contributed by atoms with Gasteiger partial charge in [-0.2, -0.15) is 0 Å². The summed E-state index contributed by atoms with van der Waals surface area (Å²) in [7, 11) is 0. The molecule has 1 aromatic rings. The van der Waals surface area contributed by atoms with Gasteiger partial charge in [0.05, 0.1) is 11.6 Å². The van der Waals surface area contributed by atoms with Crippen LogP contribution in [0.1, 0.15) is 12.0 Å². The second kappa shape index (κ2) is 4.91. The second-order valence-corrected chi connectivity index (χ2v) is 3.50. The minimum absolute atomic E-state index is 0.260. The molecule has 0 atom stereocenters. The largest absolute Gasteiger partial charge is 0.493 e. The van der Waals surface area contributed by atoms with Gasteiger partial charge in [0.25, 0.3) is 0 Å². The number of hydrogen-bond acceptors (Lipinski definition) is 2. The molecule has 0 unspecified atom stereocenters. The van der Waals surface area contributed by atoms with E-state index in [2.05, 4.69) is 0 Å². The van der Waals surface area contributed by atoms with Gasteiger partial charge in [0.1, 0.15) is 11.6 Å². The molecule has 14 heavy (non-hydrogen) atoms. The van der Waals surface area contributed by atoms with Gasteiger partial charge in [-0.1, -0.05) is 12.2 Å². The third kappa shape index (κ3) is 3.30. The molecule has 2 nitrogen and oxygen atoms in total. The molecule has 76 valence electrons. The van der Waals surface area contributed by atoms with Crippen LogP contribution in [0.15, 0.2) is 18.2 Å². The van der Waals surface area contributed by atoms with Crippen LogP contribution in [0.4, 0.5) is 4.39 Å². The zero-order valence-electron chi connectivity index (χ0n) is 7.92. The van der Waals surface area contributed by atoms with Crippen LogP contribution >= 0.6 is 12.2 Å². The summed E-state index contributed by atoms with van der Waals surface area (Å²) in [5.74, 6) is 0.409. The standard InChI is InChI=1S/C10H12FNOS/c1-7-6-8(11)2-3-9(7)13-5-4-10(12)14/h2-3,6H,4-5H2,1H3,(H2,12,14). The number of thiocarbonyl (C=S) groups is 1. The molecular weight excluding hydrogens is 201 g/mol. The van der Waals surface area contributed by atoms with Crippen molar-refractivity contribution in [3.63, 3.8) is 0 Å². The quantitative estimate of drug-likeness (QED) is 0.779. The summed E-state index contributed by atoms with van der Waals surface area (Å²) in [6, 6.07) is 4.39. The fourth-order valence-electron chi connectivity index (χ4n) is 1.04. The highest BCUT2D eigenvalue weighted by Crippen LogP contribution is 2.18. The van der Waals surface area contributed by atoms with Gasteiger partial charge in [-0.15, -0.1) is 0 Å². The normalized spacial score (nSPS) is 9.86. The molecular formula is C10H12FNOS. The number of ether oxygens (including phenoxy) is 1. The lowest BCUT2D eigenvalue weighted by molar-refractivity contribution is 0.326. The molecule has 0 aromatic heterocycles. The molecule has 0 heterocycles. The van der Waals surface area contributed by atoms with Crippen molar-refractivity contribution in [1.29, 1.82) is 0 Å². The maximum absolute atomic E-state index is 12.7. The first-order valence-corrected chi connectivity index (χ1v) is 4.67. The monoisotopic (exact) mass is 213 g/mol. The molecule has 1 rings (SSSR count). The van der Waals surface area contributed by atoms with E-state index in [1.807, 2.05) is 0 Å². The van der Waals surface area contributed by atoms with Crippen LogP contribution in [-0.4, -0.2) is 11.6 Å². The van der Waals surface area contributed by atoms with Crippen LogP contribution in [0, 0.1) is 12.7 Å². The Kier molecular flexibility index (Phi) is 3.83. The Balaban J connectivity index is 2.55. The van der Waals surface area contributed by atoms with Crippen LogP contribution in [0.3, 0.4) is 0 Å². The van der Waals surface area contributed by atoms with Crippen LogP contribution in [-0.2, 0) is 0 Å². The number of aryl methyl sites for hydroxylation is 1. The van der Waals surface area contributed by atoms with Gasteiger partial charge in [0, 0.05) is 6.42 Å². The summed E-state index contributed by atoms with van der Waals surface area (Å²) in [5.41, 5.74) is 6.08. The zero-order valence-corrected chi connectivity index (χ0v) is 8.73. The van der Waals surface area contributed by atoms with E-state index < -0.39 is 0 Å². The Morgan fingerprint density at radius 1 is 1.57 bits per heavy atom. The van der Waals surface area contributed by atoms with Gasteiger partial charge in [-0.25, -0.2) is 4.39 Å². The van der Waals surface area contributed by atoms with Crippen LogP contribution < -0.4 is 10.5 Å². The second-order valence-electron chi connectivity index (χ2n) is 2.97. The lowest BCUT2D eigenvalue weighted by atomic mass is 10.2. The number of benzene rings is 1. The molecule has 0 fully saturated rings. The predicted octanol–water partition coefficient (Wildman–Crippen LogP) is 2.19. The van der Waals surface area contributed by atoms with Gasteiger partial charge >= 0.3 is 0 Å². The maximum Gasteiger partial charge on any atom is 0.123 e. The zero-order chi connectivity index (χ0) is 10.6. The van der Waals surface area contributed by atoms with Crippen molar-refractivity contribution in [3.8, 4) is 5.75 Å². The van der Waals surface area contributed by atoms with E-state index >= 15 is 0 Å². The fourth-order valence-corrected chi connectivity index (χ4v) is 1.12. The molecule has 0 aliphatic carbocycles. The van der Waals surface area contributed by atoms with Crippen LogP contribution in [0.5, 0.6) is 5.75 Å². The smallest absolute Gasteiger partial charge is 0.123 e. The van der Waals surface area contributed by atoms with Gasteiger partial charge in [0.15, 0.2) is 0 Å². The minimum atomic E-state index is -0.260. The number of halogens is 1. The summed E-state index contributed by atoms with van der Waals surface area (Å²) in [6.45, 7) is 2.22. The SMILES string of the molecule is Cc1cc(F)ccc1OCCC(N)=S. The van der Waals surface area contributed by atoms with Gasteiger partial charge in [-0.05, 0) is 30.7 Å². The molecule has 0 saturated carbocycles. The third-order valence-corrected chi connectivity index (χ3v) is 1.95. The Hall–Kier alpha value is -1.16. The summed E-state index contributed by atoms with van der Waals surface area (Å²) in [4.78, 5) is 0.421. The first-order chi connectivity index (χ1) is 6.59. The maximum atomic E-state index is 12.7. The van der Waals surface area contributed by atoms with Crippen molar-refractivity contribution >= 4 is 17.2 Å². The lowest BCUT2D eigenvalue weighted by Gasteiger charge is -2.08. The van der Waals surface area contributed by atoms with E-state index in [4.69, 9.17) is 22.7 Å². The van der Waals surface area contributed by atoms with Crippen molar-refractivity contribution in [1.82, 2.24) is 0 Å². The van der Waals surface area contributed by atoms with Gasteiger partial charge < -0.3 is 10.5 Å². The van der Waals surface area contributed by atoms with Crippen molar-refractivity contribution in [2.75, 3.05) is 6.61 Å². The van der Waals surface area contributed by atoms with Crippen LogP contribution in [0.25, 0.3) is 0 Å². The van der Waals surface area contributed by atoms with Crippen molar-refractivity contribution in [2.24, 2.45) is 5.73 Å². The molecule has 0 bridgehead atoms. The highest BCUT2D eigenvalue weighted by Gasteiger charge is 2.00. The fraction of sp³-hybridized carbons (Fsp3) is 0.300. The number of hydrogen-bond donors (Lipinski definition) is 1. The van der Waals surface area contributed by atoms with E-state index in [1.54, 1.807) is 13.0 Å². The molecule has 4 heteroatoms. The van der Waals surface area contributed by atoms with E-state index in [0.717, 1.165) is 5.56 Å². The number of nitrogens with two attached hydrogens (primary N) is 1. The summed E-state index contributed by atoms with van der Waals surface area (Å²) >= 11 is 4.70. The lowest BCUT2D eigenvalue weighted by Crippen LogP contribution is -2.12. The van der Waals surface area contributed by atoms with Crippen molar-refractivity contribution in [3.05, 3.63) is 29.6 Å². The Labute approximate surface area is 87.9 Å². The van der Waals surface area contributed by atoms with Gasteiger partial charge in [-0.3, -0.25) is 0 Å². The summed E-state index contributed by atoms with van der Waals surface area (Å²) in [6.07, 6.45) is 0.534. The molecule has 0 radical (unpaired) electrons. The molecule has 2 N–H and O–H groups in total. The van der Waals surface area contributed by atoms with E-state index in [-0.39, 0.29) is 5.82 Å². The highest BCUT2D eigenvalue weighted by atomic mass is 32.1. The highest BCUT2D eigenvalue weighted by molar-refractivity contribution is 7.80. The summed E-state index contributed by atoms with van der Waals surface area (Å²) in [5, 5.41) is 0. The molecule has 0 saturated heterocycles. The minimum Gasteiger partial charge on any atom is -0.493 e. The Bertz CT molecular complexity index is 341. The molecule has 0 aliphatic heterocycles. The van der Waals surface area contributed by atoms with Gasteiger partial charge in [0.2, 0.25) is 0 Å². The van der Waals surface area contributed by atoms with E-state index in [1.165, 1.54) is 12.1 Å². The molecule has 0 aliphatic rings. The molecule has 0 amide bonds. The Morgan fingerprint density at radius 2 is 2.29 bits per heavy atom. The third-order valence-electron chi connectivity index (χ3n) is 1.74. The first-order valence-electron chi connectivity index (χ1n) is 4.27. The first kappa shape index (κ1) is 10.9. The average Bonchev–Trinajstić information content (AvgIpc) is 2.08. The predicted molar refractivity (Wildman–Crippen MR) is 58.0 cm³/mol. The van der Waals surface area contributed by atoms with E-state index in [9.17, 15) is 4.39 Å². The van der Waals surface area contributed by atoms with Crippen LogP contribution in [0.2, 0.25) is 0 Å². The Morgan fingerprint density at radius 3 is 2.86 bits per heavy atom. The van der Waals surface area contributed by atoms with Crippen molar-refractivity contribution in [2.45, 2.75) is 13.3 Å². The average molecular weight is 213 g/mol. The molecule has 0 spiro atoms. The number of rotatable bonds is 4. The van der Waals surface area contributed by atoms with E-state index in [0.29, 0.717) is 23.8 Å². The molecule has 1 aromatic carbocycles. The summed E-state index contributed by atoms with van der Waals surface area (Å²) < 4.78 is 18.1. The topological polar surface area (TPSA) is 35.2 Å². The van der Waals surface area contributed by atoms with Crippen molar-refractivity contribution < 1.29 is 9.13 Å².